The lowest BCUT2D eigenvalue weighted by molar-refractivity contribution is -0.384. The molecule has 0 fully saturated rings. The van der Waals surface area contributed by atoms with E-state index in [4.69, 9.17) is 23.2 Å². The van der Waals surface area contributed by atoms with Crippen LogP contribution in [0.15, 0.2) is 42.5 Å². The van der Waals surface area contributed by atoms with E-state index >= 15 is 0 Å². The summed E-state index contributed by atoms with van der Waals surface area (Å²) >= 11 is 12.5. The van der Waals surface area contributed by atoms with Crippen LogP contribution in [0, 0.1) is 16.0 Å². The highest BCUT2D eigenvalue weighted by molar-refractivity contribution is 6.33. The summed E-state index contributed by atoms with van der Waals surface area (Å²) in [5.74, 6) is -0.793. The maximum Gasteiger partial charge on any atom is 0.416 e. The molecule has 0 amide bonds. The van der Waals surface area contributed by atoms with Gasteiger partial charge in [0.25, 0.3) is 5.69 Å². The van der Waals surface area contributed by atoms with Crippen molar-refractivity contribution >= 4 is 34.6 Å². The molecule has 2 aliphatic rings. The quantitative estimate of drug-likeness (QED) is 0.327. The molecule has 1 aliphatic carbocycles. The molecule has 0 saturated carbocycles. The highest BCUT2D eigenvalue weighted by atomic mass is 35.5. The number of hydrogen-bond donors (Lipinski definition) is 1. The van der Waals surface area contributed by atoms with Gasteiger partial charge < -0.3 is 5.32 Å². The molecule has 9 heteroatoms. The molecule has 1 heterocycles. The highest BCUT2D eigenvalue weighted by Crippen LogP contribution is 2.55. The van der Waals surface area contributed by atoms with Crippen LogP contribution in [0.25, 0.3) is 0 Å². The molecule has 0 spiro atoms. The molecule has 4 nitrogen and oxygen atoms in total. The molecule has 0 bridgehead atoms. The summed E-state index contributed by atoms with van der Waals surface area (Å²) in [6.45, 7) is 0. The predicted octanol–water partition coefficient (Wildman–Crippen LogP) is 6.75. The van der Waals surface area contributed by atoms with Crippen LogP contribution >= 0.6 is 23.2 Å². The normalized spacial score (nSPS) is 23.1. The van der Waals surface area contributed by atoms with Crippen LogP contribution in [0.3, 0.4) is 0 Å². The first-order valence-electron chi connectivity index (χ1n) is 8.45. The molecule has 1 aliphatic heterocycles. The number of halogens is 5. The Morgan fingerprint density at radius 3 is 2.54 bits per heavy atom. The van der Waals surface area contributed by atoms with E-state index in [1.165, 1.54) is 24.3 Å². The minimum Gasteiger partial charge on any atom is -0.376 e. The lowest BCUT2D eigenvalue weighted by Crippen LogP contribution is -2.31. The number of nitrogens with one attached hydrogen (secondary N) is 1. The summed E-state index contributed by atoms with van der Waals surface area (Å²) in [6, 6.07) is 5.77. The van der Waals surface area contributed by atoms with E-state index in [1.807, 2.05) is 6.08 Å². The fourth-order valence-electron chi connectivity index (χ4n) is 4.11. The molecule has 0 saturated heterocycles. The van der Waals surface area contributed by atoms with E-state index in [9.17, 15) is 23.3 Å². The van der Waals surface area contributed by atoms with Crippen molar-refractivity contribution in [1.29, 1.82) is 0 Å². The van der Waals surface area contributed by atoms with Gasteiger partial charge in [0.2, 0.25) is 0 Å². The molecule has 4 rings (SSSR count). The van der Waals surface area contributed by atoms with Gasteiger partial charge in [0.1, 0.15) is 0 Å². The fraction of sp³-hybridized carbons (Fsp3) is 0.263. The molecule has 1 N–H and O–H groups in total. The standard InChI is InChI=1S/C19H13Cl2F3N2O2/c20-14-6-4-9(26(27)28)8-12(14)17-11-3-1-2-10(11)16-13(19(22,23)24)5-7-15(21)18(16)25-17/h1-2,4-8,10-11,17,25H,3H2/t10-,11-,17+/m0/s1. The van der Waals surface area contributed by atoms with E-state index in [0.29, 0.717) is 17.0 Å². The van der Waals surface area contributed by atoms with Gasteiger partial charge >= 0.3 is 6.18 Å². The number of alkyl halides is 3. The average Bonchev–Trinajstić information content (AvgIpc) is 3.10. The molecular formula is C19H13Cl2F3N2O2. The van der Waals surface area contributed by atoms with Crippen LogP contribution in [0.1, 0.15) is 35.1 Å². The zero-order chi connectivity index (χ0) is 20.2. The van der Waals surface area contributed by atoms with Gasteiger partial charge in [0.15, 0.2) is 0 Å². The molecule has 2 aromatic carbocycles. The largest absolute Gasteiger partial charge is 0.416 e. The van der Waals surface area contributed by atoms with E-state index in [1.54, 1.807) is 6.08 Å². The Bertz CT molecular complexity index is 1010. The predicted molar refractivity (Wildman–Crippen MR) is 101 cm³/mol. The maximum atomic E-state index is 13.6. The van der Waals surface area contributed by atoms with Crippen molar-refractivity contribution < 1.29 is 18.1 Å². The van der Waals surface area contributed by atoms with Crippen molar-refractivity contribution in [2.24, 2.45) is 5.92 Å². The lowest BCUT2D eigenvalue weighted by Gasteiger charge is -2.39. The monoisotopic (exact) mass is 428 g/mol. The zero-order valence-electron chi connectivity index (χ0n) is 14.1. The molecule has 0 unspecified atom stereocenters. The first kappa shape index (κ1) is 19.1. The minimum absolute atomic E-state index is 0.108. The van der Waals surface area contributed by atoms with Gasteiger partial charge in [-0.3, -0.25) is 10.1 Å². The third-order valence-corrected chi connectivity index (χ3v) is 5.96. The number of allylic oxidation sites excluding steroid dienone is 2. The van der Waals surface area contributed by atoms with Crippen molar-refractivity contribution in [3.8, 4) is 0 Å². The Hall–Kier alpha value is -2.25. The third-order valence-electron chi connectivity index (χ3n) is 5.30. The van der Waals surface area contributed by atoms with E-state index in [-0.39, 0.29) is 27.9 Å². The Morgan fingerprint density at radius 2 is 1.86 bits per heavy atom. The van der Waals surface area contributed by atoms with Crippen LogP contribution in [0.4, 0.5) is 24.5 Å². The second-order valence-corrected chi connectivity index (χ2v) is 7.63. The number of fused-ring (bicyclic) bond motifs is 3. The number of rotatable bonds is 2. The number of anilines is 1. The molecule has 28 heavy (non-hydrogen) atoms. The Labute approximate surface area is 168 Å². The zero-order valence-corrected chi connectivity index (χ0v) is 15.6. The average molecular weight is 429 g/mol. The number of nitro benzene ring substituents is 1. The SMILES string of the molecule is O=[N+]([O-])c1ccc(Cl)c([C@@H]2Nc3c(Cl)ccc(C(F)(F)F)c3[C@H]3C=CC[C@@H]32)c1. The minimum atomic E-state index is -4.52. The van der Waals surface area contributed by atoms with Gasteiger partial charge in [0.05, 0.1) is 27.2 Å². The van der Waals surface area contributed by atoms with Crippen LogP contribution < -0.4 is 5.32 Å². The summed E-state index contributed by atoms with van der Waals surface area (Å²) in [7, 11) is 0. The van der Waals surface area contributed by atoms with Crippen molar-refractivity contribution in [2.75, 3.05) is 5.32 Å². The molecule has 0 aromatic heterocycles. The number of benzene rings is 2. The second kappa shape index (κ2) is 6.67. The Balaban J connectivity index is 1.89. The number of nitro groups is 1. The smallest absolute Gasteiger partial charge is 0.376 e. The summed E-state index contributed by atoms with van der Waals surface area (Å²) in [6.07, 6.45) is -0.433. The van der Waals surface area contributed by atoms with Crippen molar-refractivity contribution in [3.05, 3.63) is 79.3 Å². The van der Waals surface area contributed by atoms with E-state index in [2.05, 4.69) is 5.32 Å². The van der Waals surface area contributed by atoms with Crippen LogP contribution in [0.2, 0.25) is 10.0 Å². The molecule has 3 atom stereocenters. The molecule has 146 valence electrons. The van der Waals surface area contributed by atoms with Gasteiger partial charge in [-0.25, -0.2) is 0 Å². The van der Waals surface area contributed by atoms with Crippen molar-refractivity contribution in [2.45, 2.75) is 24.6 Å². The third kappa shape index (κ3) is 3.02. The van der Waals surface area contributed by atoms with Crippen molar-refractivity contribution in [1.82, 2.24) is 0 Å². The first-order valence-corrected chi connectivity index (χ1v) is 9.20. The van der Waals surface area contributed by atoms with E-state index in [0.717, 1.165) is 6.07 Å². The van der Waals surface area contributed by atoms with E-state index < -0.39 is 28.6 Å². The maximum absolute atomic E-state index is 13.6. The summed E-state index contributed by atoms with van der Waals surface area (Å²) in [4.78, 5) is 10.6. The second-order valence-electron chi connectivity index (χ2n) is 6.82. The van der Waals surface area contributed by atoms with Gasteiger partial charge in [-0.1, -0.05) is 35.4 Å². The first-order chi connectivity index (χ1) is 13.2. The lowest BCUT2D eigenvalue weighted by atomic mass is 9.75. The number of nitrogens with zero attached hydrogens (tertiary/aromatic N) is 1. The molecular weight excluding hydrogens is 416 g/mol. The van der Waals surface area contributed by atoms with Gasteiger partial charge in [-0.15, -0.1) is 0 Å². The summed E-state index contributed by atoms with van der Waals surface area (Å²) < 4.78 is 40.8. The van der Waals surface area contributed by atoms with Crippen LogP contribution in [-0.4, -0.2) is 4.92 Å². The number of hydrogen-bond acceptors (Lipinski definition) is 3. The molecule has 2 aromatic rings. The van der Waals surface area contributed by atoms with Gasteiger partial charge in [-0.05, 0) is 36.1 Å². The topological polar surface area (TPSA) is 55.2 Å². The van der Waals surface area contributed by atoms with Crippen molar-refractivity contribution in [3.63, 3.8) is 0 Å². The number of non-ortho nitro benzene ring substituents is 1. The van der Waals surface area contributed by atoms with Crippen LogP contribution in [-0.2, 0) is 6.18 Å². The Morgan fingerprint density at radius 1 is 1.14 bits per heavy atom. The van der Waals surface area contributed by atoms with Gasteiger partial charge in [0, 0.05) is 28.6 Å². The molecule has 0 radical (unpaired) electrons. The van der Waals surface area contributed by atoms with Gasteiger partial charge in [-0.2, -0.15) is 13.2 Å². The van der Waals surface area contributed by atoms with Crippen LogP contribution in [0.5, 0.6) is 0 Å². The Kier molecular flexibility index (Phi) is 4.55. The highest BCUT2D eigenvalue weighted by Gasteiger charge is 2.45. The summed E-state index contributed by atoms with van der Waals surface area (Å²) in [5, 5.41) is 14.7. The summed E-state index contributed by atoms with van der Waals surface area (Å²) in [5.41, 5.74) is -0.101. The fourth-order valence-corrected chi connectivity index (χ4v) is 4.57.